The summed E-state index contributed by atoms with van der Waals surface area (Å²) in [4.78, 5) is 0. The lowest BCUT2D eigenvalue weighted by Crippen LogP contribution is -2.14. The summed E-state index contributed by atoms with van der Waals surface area (Å²) in [5.74, 6) is 0. The quantitative estimate of drug-likeness (QED) is 0.210. The van der Waals surface area contributed by atoms with E-state index in [9.17, 15) is 8.42 Å². The van der Waals surface area contributed by atoms with Crippen LogP contribution in [-0.4, -0.2) is 80.7 Å². The normalized spacial score (nSPS) is 11.5. The molecule has 0 fully saturated rings. The Kier molecular flexibility index (Phi) is 14.7. The van der Waals surface area contributed by atoms with Crippen LogP contribution in [0.15, 0.2) is 12.8 Å². The Balaban J connectivity index is 3.04. The molecule has 0 bridgehead atoms. The first kappa shape index (κ1) is 21.3. The molecule has 0 rings (SSSR count). The fourth-order valence-electron chi connectivity index (χ4n) is 1.20. The monoisotopic (exact) mass is 342 g/mol. The van der Waals surface area contributed by atoms with Gasteiger partial charge in [-0.2, -0.15) is 8.42 Å². The van der Waals surface area contributed by atoms with Crippen LogP contribution in [0, 0.1) is 0 Å². The number of rotatable bonds is 17. The Morgan fingerprint density at radius 1 is 0.727 bits per heavy atom. The zero-order valence-electron chi connectivity index (χ0n) is 13.0. The van der Waals surface area contributed by atoms with Crippen molar-refractivity contribution < 1.29 is 36.3 Å². The standard InChI is InChI=1S/C13H26O8S/c1-3-16-4-5-17-6-7-18-8-9-19-10-11-20-12-13-21-22(2,14)15/h3H,1,4-13H2,2H3. The Hall–Kier alpha value is -0.710. The van der Waals surface area contributed by atoms with E-state index in [1.807, 2.05) is 0 Å². The van der Waals surface area contributed by atoms with Crippen LogP contribution in [0.2, 0.25) is 0 Å². The summed E-state index contributed by atoms with van der Waals surface area (Å²) >= 11 is 0. The summed E-state index contributed by atoms with van der Waals surface area (Å²) in [6, 6.07) is 0. The molecule has 0 saturated heterocycles. The number of hydrogen-bond acceptors (Lipinski definition) is 8. The Morgan fingerprint density at radius 3 is 1.45 bits per heavy atom. The lowest BCUT2D eigenvalue weighted by atomic mass is 10.7. The van der Waals surface area contributed by atoms with Crippen molar-refractivity contribution in [1.29, 1.82) is 0 Å². The van der Waals surface area contributed by atoms with E-state index in [0.29, 0.717) is 52.9 Å². The summed E-state index contributed by atoms with van der Waals surface area (Å²) in [6.45, 7) is 7.36. The average molecular weight is 342 g/mol. The van der Waals surface area contributed by atoms with Gasteiger partial charge in [0.1, 0.15) is 6.61 Å². The van der Waals surface area contributed by atoms with Gasteiger partial charge >= 0.3 is 0 Å². The maximum atomic E-state index is 10.6. The molecule has 0 aliphatic rings. The summed E-state index contributed by atoms with van der Waals surface area (Å²) in [5, 5.41) is 0. The fourth-order valence-corrected chi connectivity index (χ4v) is 1.57. The predicted molar refractivity (Wildman–Crippen MR) is 80.2 cm³/mol. The zero-order chi connectivity index (χ0) is 16.5. The second-order valence-corrected chi connectivity index (χ2v) is 5.66. The highest BCUT2D eigenvalue weighted by molar-refractivity contribution is 7.85. The second kappa shape index (κ2) is 15.2. The molecule has 0 amide bonds. The molecule has 0 saturated carbocycles. The highest BCUT2D eigenvalue weighted by Crippen LogP contribution is 1.87. The Labute approximate surface area is 132 Å². The van der Waals surface area contributed by atoms with Crippen LogP contribution in [0.4, 0.5) is 0 Å². The Bertz CT molecular complexity index is 344. The van der Waals surface area contributed by atoms with Crippen molar-refractivity contribution in [2.24, 2.45) is 0 Å². The van der Waals surface area contributed by atoms with Gasteiger partial charge in [0.2, 0.25) is 0 Å². The molecule has 0 spiro atoms. The number of hydrogen-bond donors (Lipinski definition) is 0. The van der Waals surface area contributed by atoms with E-state index in [1.54, 1.807) is 0 Å². The Morgan fingerprint density at radius 2 is 1.09 bits per heavy atom. The van der Waals surface area contributed by atoms with E-state index >= 15 is 0 Å². The van der Waals surface area contributed by atoms with Gasteiger partial charge in [0.15, 0.2) is 0 Å². The molecule has 0 atom stereocenters. The van der Waals surface area contributed by atoms with Crippen LogP contribution in [-0.2, 0) is 38.0 Å². The average Bonchev–Trinajstić information content (AvgIpc) is 2.45. The minimum Gasteiger partial charge on any atom is -0.499 e. The van der Waals surface area contributed by atoms with Crippen LogP contribution in [0.5, 0.6) is 0 Å². The zero-order valence-corrected chi connectivity index (χ0v) is 13.8. The molecule has 0 aliphatic carbocycles. The van der Waals surface area contributed by atoms with Gasteiger partial charge in [-0.3, -0.25) is 4.18 Å². The van der Waals surface area contributed by atoms with E-state index in [4.69, 9.17) is 23.7 Å². The minimum atomic E-state index is -3.39. The van der Waals surface area contributed by atoms with Gasteiger partial charge < -0.3 is 23.7 Å². The van der Waals surface area contributed by atoms with E-state index in [1.165, 1.54) is 6.26 Å². The van der Waals surface area contributed by atoms with Crippen LogP contribution < -0.4 is 0 Å². The first-order valence-corrected chi connectivity index (χ1v) is 8.76. The van der Waals surface area contributed by atoms with Gasteiger partial charge in [-0.1, -0.05) is 6.58 Å². The van der Waals surface area contributed by atoms with Crippen molar-refractivity contribution in [2.45, 2.75) is 0 Å². The maximum Gasteiger partial charge on any atom is 0.264 e. The van der Waals surface area contributed by atoms with Gasteiger partial charge in [0.25, 0.3) is 10.1 Å². The third-order valence-electron chi connectivity index (χ3n) is 2.10. The van der Waals surface area contributed by atoms with Crippen molar-refractivity contribution in [3.05, 3.63) is 12.8 Å². The topological polar surface area (TPSA) is 89.5 Å². The molecule has 132 valence electrons. The van der Waals surface area contributed by atoms with Crippen LogP contribution >= 0.6 is 0 Å². The maximum absolute atomic E-state index is 10.6. The van der Waals surface area contributed by atoms with Crippen molar-refractivity contribution >= 4 is 10.1 Å². The van der Waals surface area contributed by atoms with Gasteiger partial charge in [-0.25, -0.2) is 0 Å². The highest BCUT2D eigenvalue weighted by atomic mass is 32.2. The molecular weight excluding hydrogens is 316 g/mol. The molecule has 0 aromatic carbocycles. The van der Waals surface area contributed by atoms with E-state index in [-0.39, 0.29) is 13.2 Å². The summed E-state index contributed by atoms with van der Waals surface area (Å²) in [7, 11) is -3.39. The molecule has 0 heterocycles. The van der Waals surface area contributed by atoms with E-state index < -0.39 is 10.1 Å². The van der Waals surface area contributed by atoms with Crippen LogP contribution in [0.3, 0.4) is 0 Å². The summed E-state index contributed by atoms with van der Waals surface area (Å²) < 4.78 is 51.6. The number of ether oxygens (including phenoxy) is 5. The second-order valence-electron chi connectivity index (χ2n) is 4.01. The smallest absolute Gasteiger partial charge is 0.264 e. The molecule has 0 radical (unpaired) electrons. The van der Waals surface area contributed by atoms with Crippen LogP contribution in [0.1, 0.15) is 0 Å². The van der Waals surface area contributed by atoms with Crippen molar-refractivity contribution in [1.82, 2.24) is 0 Å². The molecule has 0 aliphatic heterocycles. The first-order valence-electron chi connectivity index (χ1n) is 6.94. The molecule has 0 N–H and O–H groups in total. The first-order chi connectivity index (χ1) is 10.6. The van der Waals surface area contributed by atoms with Gasteiger partial charge in [-0.05, 0) is 0 Å². The molecule has 9 heteroatoms. The van der Waals surface area contributed by atoms with Crippen molar-refractivity contribution in [3.63, 3.8) is 0 Å². The SMILES string of the molecule is C=COCCOCCOCCOCCOCCOS(C)(=O)=O. The third kappa shape index (κ3) is 19.3. The lowest BCUT2D eigenvalue weighted by molar-refractivity contribution is -0.00816. The van der Waals surface area contributed by atoms with E-state index in [2.05, 4.69) is 10.8 Å². The minimum absolute atomic E-state index is 0.0137. The largest absolute Gasteiger partial charge is 0.499 e. The third-order valence-corrected chi connectivity index (χ3v) is 2.70. The molecule has 22 heavy (non-hydrogen) atoms. The van der Waals surface area contributed by atoms with Gasteiger partial charge in [0, 0.05) is 0 Å². The lowest BCUT2D eigenvalue weighted by Gasteiger charge is -2.07. The van der Waals surface area contributed by atoms with Crippen molar-refractivity contribution in [3.8, 4) is 0 Å². The summed E-state index contributed by atoms with van der Waals surface area (Å²) in [6.07, 6.45) is 2.37. The fraction of sp³-hybridized carbons (Fsp3) is 0.846. The van der Waals surface area contributed by atoms with Crippen LogP contribution in [0.25, 0.3) is 0 Å². The highest BCUT2D eigenvalue weighted by Gasteiger charge is 2.00. The van der Waals surface area contributed by atoms with Gasteiger partial charge in [0.05, 0.1) is 72.0 Å². The molecule has 0 unspecified atom stereocenters. The molecule has 0 aromatic rings. The predicted octanol–water partition coefficient (Wildman–Crippen LogP) is 0.189. The molecule has 8 nitrogen and oxygen atoms in total. The van der Waals surface area contributed by atoms with E-state index in [0.717, 1.165) is 6.26 Å². The summed E-state index contributed by atoms with van der Waals surface area (Å²) in [5.41, 5.74) is 0. The molecule has 0 aromatic heterocycles. The van der Waals surface area contributed by atoms with Gasteiger partial charge in [-0.15, -0.1) is 0 Å². The molecular formula is C13H26O8S. The van der Waals surface area contributed by atoms with Crippen molar-refractivity contribution in [2.75, 3.05) is 72.3 Å².